The van der Waals surface area contributed by atoms with Crippen molar-refractivity contribution < 1.29 is 41.6 Å². The van der Waals surface area contributed by atoms with Crippen LogP contribution in [0.3, 0.4) is 0 Å². The van der Waals surface area contributed by atoms with Gasteiger partial charge < -0.3 is 19.3 Å². The fraction of sp³-hybridized carbons (Fsp3) is 0.381. The van der Waals surface area contributed by atoms with Gasteiger partial charge in [-0.3, -0.25) is 10.1 Å². The first-order valence-corrected chi connectivity index (χ1v) is 11.5. The van der Waals surface area contributed by atoms with E-state index in [0.29, 0.717) is 25.2 Å². The van der Waals surface area contributed by atoms with Crippen LogP contribution in [0.5, 0.6) is 0 Å². The number of nitro groups is 1. The molecule has 1 aliphatic rings. The molecule has 1 fully saturated rings. The van der Waals surface area contributed by atoms with Crippen molar-refractivity contribution in [2.24, 2.45) is 0 Å². The molecule has 2 aromatic rings. The van der Waals surface area contributed by atoms with E-state index < -0.39 is 44.4 Å². The van der Waals surface area contributed by atoms with Gasteiger partial charge in [0, 0.05) is 18.6 Å². The molecule has 1 saturated heterocycles. The Bertz CT molecular complexity index is 1040. The lowest BCUT2D eigenvalue weighted by Gasteiger charge is -2.27. The first kappa shape index (κ1) is 24.7. The van der Waals surface area contributed by atoms with Crippen LogP contribution in [-0.4, -0.2) is 56.1 Å². The van der Waals surface area contributed by atoms with Crippen LogP contribution in [0.25, 0.3) is 0 Å². The van der Waals surface area contributed by atoms with E-state index in [1.54, 1.807) is 30.3 Å². The number of esters is 1. The van der Waals surface area contributed by atoms with Crippen LogP contribution in [0.4, 0.5) is 5.69 Å². The van der Waals surface area contributed by atoms with E-state index in [1.165, 1.54) is 0 Å². The molecule has 178 valence electrons. The molecule has 1 heterocycles. The smallest absolute Gasteiger partial charge is 0.339 e. The van der Waals surface area contributed by atoms with E-state index in [9.17, 15) is 28.4 Å². The van der Waals surface area contributed by atoms with Crippen molar-refractivity contribution >= 4 is 21.8 Å². The number of carbonyl (C=O) groups excluding carboxylic acids is 1. The second-order valence-corrected chi connectivity index (χ2v) is 8.72. The van der Waals surface area contributed by atoms with Gasteiger partial charge in [-0.1, -0.05) is 30.3 Å². The molecule has 0 bridgehead atoms. The van der Waals surface area contributed by atoms with Crippen molar-refractivity contribution in [1.29, 1.82) is 0 Å². The Morgan fingerprint density at radius 2 is 1.76 bits per heavy atom. The largest absolute Gasteiger partial charge is 0.459 e. The van der Waals surface area contributed by atoms with Gasteiger partial charge in [-0.15, -0.1) is 0 Å². The lowest BCUT2D eigenvalue weighted by Crippen LogP contribution is -2.42. The first-order valence-electron chi connectivity index (χ1n) is 10.1. The summed E-state index contributed by atoms with van der Waals surface area (Å²) in [6.07, 6.45) is -3.96. The first-order chi connectivity index (χ1) is 15.8. The molecule has 3 rings (SSSR count). The molecule has 0 radical (unpaired) electrons. The number of nitrogens with zero attached hydrogens (tertiary/aromatic N) is 1. The highest BCUT2D eigenvalue weighted by Gasteiger charge is 2.37. The quantitative estimate of drug-likeness (QED) is 0.231. The van der Waals surface area contributed by atoms with Gasteiger partial charge in [0.2, 0.25) is 6.10 Å². The van der Waals surface area contributed by atoms with Crippen LogP contribution in [0.2, 0.25) is 0 Å². The van der Waals surface area contributed by atoms with E-state index in [-0.39, 0.29) is 18.7 Å². The highest BCUT2D eigenvalue weighted by molar-refractivity contribution is 7.86. The van der Waals surface area contributed by atoms with Crippen LogP contribution >= 0.6 is 0 Å². The number of aliphatic hydroxyl groups is 1. The summed E-state index contributed by atoms with van der Waals surface area (Å²) in [7, 11) is -4.58. The normalized spacial score (nSPS) is 16.6. The monoisotopic (exact) mass is 481 g/mol. The SMILES string of the molecule is O=C(OCc1ccccc1)[C@H](OS(=O)(=O)c1ccc([N+](=O)[O-])cc1)[C@@H](O)CC1OCCCO1. The predicted octanol–water partition coefficient (Wildman–Crippen LogP) is 1.93. The number of carbonyl (C=O) groups is 1. The number of hydrogen-bond donors (Lipinski definition) is 1. The van der Waals surface area contributed by atoms with Crippen LogP contribution in [0, 0.1) is 10.1 Å². The minimum absolute atomic E-state index is 0.166. The number of nitro benzene ring substituents is 1. The van der Waals surface area contributed by atoms with Crippen LogP contribution < -0.4 is 0 Å². The van der Waals surface area contributed by atoms with Crippen LogP contribution in [0.15, 0.2) is 59.5 Å². The van der Waals surface area contributed by atoms with Crippen molar-refractivity contribution in [3.05, 3.63) is 70.3 Å². The van der Waals surface area contributed by atoms with Gasteiger partial charge in [0.1, 0.15) is 6.61 Å². The number of non-ortho nitro benzene ring substituents is 1. The maximum Gasteiger partial charge on any atom is 0.339 e. The molecule has 0 unspecified atom stereocenters. The summed E-state index contributed by atoms with van der Waals surface area (Å²) in [5.74, 6) is -1.10. The number of ether oxygens (including phenoxy) is 3. The van der Waals surface area contributed by atoms with E-state index in [1.807, 2.05) is 0 Å². The van der Waals surface area contributed by atoms with Gasteiger partial charge in [0.15, 0.2) is 6.29 Å². The molecule has 12 heteroatoms. The molecule has 0 spiro atoms. The van der Waals surface area contributed by atoms with Crippen molar-refractivity contribution in [1.82, 2.24) is 0 Å². The predicted molar refractivity (Wildman–Crippen MR) is 112 cm³/mol. The highest BCUT2D eigenvalue weighted by Crippen LogP contribution is 2.22. The van der Waals surface area contributed by atoms with E-state index in [4.69, 9.17) is 18.4 Å². The molecule has 0 aliphatic carbocycles. The average molecular weight is 481 g/mol. The third-order valence-corrected chi connectivity index (χ3v) is 6.01. The zero-order valence-corrected chi connectivity index (χ0v) is 18.3. The molecule has 1 aliphatic heterocycles. The zero-order chi connectivity index (χ0) is 23.8. The van der Waals surface area contributed by atoms with E-state index >= 15 is 0 Å². The Hall–Kier alpha value is -2.90. The Kier molecular flexibility index (Phi) is 8.47. The average Bonchev–Trinajstić information content (AvgIpc) is 2.82. The number of aliphatic hydroxyl groups excluding tert-OH is 1. The van der Waals surface area contributed by atoms with Gasteiger partial charge in [-0.2, -0.15) is 8.42 Å². The van der Waals surface area contributed by atoms with Crippen molar-refractivity contribution in [2.75, 3.05) is 13.2 Å². The third-order valence-electron chi connectivity index (χ3n) is 4.70. The van der Waals surface area contributed by atoms with Crippen molar-refractivity contribution in [2.45, 2.75) is 42.8 Å². The van der Waals surface area contributed by atoms with Crippen molar-refractivity contribution in [3.8, 4) is 0 Å². The molecule has 11 nitrogen and oxygen atoms in total. The maximum atomic E-state index is 12.7. The number of rotatable bonds is 10. The fourth-order valence-electron chi connectivity index (χ4n) is 2.99. The van der Waals surface area contributed by atoms with Gasteiger partial charge in [0.25, 0.3) is 15.8 Å². The van der Waals surface area contributed by atoms with E-state index in [2.05, 4.69) is 0 Å². The molecule has 0 amide bonds. The summed E-state index contributed by atoms with van der Waals surface area (Å²) in [6.45, 7) is 0.616. The van der Waals surface area contributed by atoms with Crippen LogP contribution in [0.1, 0.15) is 18.4 Å². The summed E-state index contributed by atoms with van der Waals surface area (Å²) in [4.78, 5) is 22.4. The minimum Gasteiger partial charge on any atom is -0.459 e. The summed E-state index contributed by atoms with van der Waals surface area (Å²) >= 11 is 0. The Morgan fingerprint density at radius 1 is 1.12 bits per heavy atom. The van der Waals surface area contributed by atoms with Gasteiger partial charge in [0.05, 0.1) is 29.1 Å². The highest BCUT2D eigenvalue weighted by atomic mass is 32.2. The van der Waals surface area contributed by atoms with Crippen molar-refractivity contribution in [3.63, 3.8) is 0 Å². The molecule has 0 saturated carbocycles. The Labute approximate surface area is 190 Å². The fourth-order valence-corrected chi connectivity index (χ4v) is 4.05. The van der Waals surface area contributed by atoms with Gasteiger partial charge in [-0.05, 0) is 24.1 Å². The summed E-state index contributed by atoms with van der Waals surface area (Å²) in [6, 6.07) is 12.6. The Balaban J connectivity index is 1.76. The molecule has 2 atom stereocenters. The summed E-state index contributed by atoms with van der Waals surface area (Å²) in [5.41, 5.74) is 0.329. The van der Waals surface area contributed by atoms with Gasteiger partial charge in [-0.25, -0.2) is 8.98 Å². The van der Waals surface area contributed by atoms with E-state index in [0.717, 1.165) is 24.3 Å². The second-order valence-electron chi connectivity index (χ2n) is 7.14. The third kappa shape index (κ3) is 7.04. The molecule has 0 aromatic heterocycles. The summed E-state index contributed by atoms with van der Waals surface area (Å²) in [5, 5.41) is 21.4. The molecule has 33 heavy (non-hydrogen) atoms. The molecular weight excluding hydrogens is 458 g/mol. The molecule has 1 N–H and O–H groups in total. The second kappa shape index (κ2) is 11.3. The summed E-state index contributed by atoms with van der Waals surface area (Å²) < 4.78 is 46.4. The lowest BCUT2D eigenvalue weighted by atomic mass is 10.1. The molecule has 2 aromatic carbocycles. The number of benzene rings is 2. The topological polar surface area (TPSA) is 151 Å². The maximum absolute atomic E-state index is 12.7. The Morgan fingerprint density at radius 3 is 2.36 bits per heavy atom. The zero-order valence-electron chi connectivity index (χ0n) is 17.4. The standard InChI is InChI=1S/C21H23NO10S/c23-18(13-19-29-11-4-12-30-19)20(21(24)31-14-15-5-2-1-3-6-15)32-33(27,28)17-9-7-16(8-10-17)22(25)26/h1-3,5-10,18-20,23H,4,11-14H2/t18-,20+/m0/s1. The number of hydrogen-bond acceptors (Lipinski definition) is 10. The minimum atomic E-state index is -4.58. The van der Waals surface area contributed by atoms with Gasteiger partial charge >= 0.3 is 5.97 Å². The van der Waals surface area contributed by atoms with Crippen LogP contribution in [-0.2, 0) is 39.9 Å². The molecular formula is C21H23NO10S. The lowest BCUT2D eigenvalue weighted by molar-refractivity contribution is -0.384.